The highest BCUT2D eigenvalue weighted by molar-refractivity contribution is 7.89. The monoisotopic (exact) mass is 317 g/mol. The molecule has 1 aromatic carbocycles. The van der Waals surface area contributed by atoms with E-state index in [1.54, 1.807) is 14.1 Å². The van der Waals surface area contributed by atoms with Crippen LogP contribution in [0.3, 0.4) is 0 Å². The zero-order valence-electron chi connectivity index (χ0n) is 11.8. The van der Waals surface area contributed by atoms with Gasteiger partial charge in [-0.05, 0) is 24.5 Å². The van der Waals surface area contributed by atoms with E-state index in [4.69, 9.17) is 16.3 Å². The Hall–Kier alpha value is -0.620. The van der Waals surface area contributed by atoms with Crippen LogP contribution in [0.25, 0.3) is 0 Å². The lowest BCUT2D eigenvalue weighted by atomic mass is 9.93. The van der Waals surface area contributed by atoms with E-state index in [2.05, 4.69) is 0 Å². The number of ether oxygens (including phenoxy) is 1. The first-order chi connectivity index (χ1) is 9.43. The molecule has 0 radical (unpaired) electrons. The van der Waals surface area contributed by atoms with Gasteiger partial charge in [-0.2, -0.15) is 0 Å². The largest absolute Gasteiger partial charge is 0.381 e. The number of hydrogen-bond acceptors (Lipinski definition) is 3. The Labute approximate surface area is 125 Å². The third kappa shape index (κ3) is 3.34. The number of hydrogen-bond donors (Lipinski definition) is 0. The lowest BCUT2D eigenvalue weighted by Crippen LogP contribution is -2.44. The van der Waals surface area contributed by atoms with Gasteiger partial charge in [-0.15, -0.1) is 0 Å². The van der Waals surface area contributed by atoms with E-state index in [0.29, 0.717) is 31.1 Å². The standard InChI is InChI=1S/C14H20ClNO3S/c1-16(2)20(17,18)14-7-8-19-10-12(14)9-11-5-3-4-6-13(11)15/h3-6,12,14H,7-10H2,1-2H3/t12-,14+/m1/s1. The molecule has 0 unspecified atom stereocenters. The summed E-state index contributed by atoms with van der Waals surface area (Å²) in [5.74, 6) is -0.0592. The van der Waals surface area contributed by atoms with Crippen molar-refractivity contribution in [3.63, 3.8) is 0 Å². The molecule has 1 heterocycles. The van der Waals surface area contributed by atoms with Crippen LogP contribution in [0.15, 0.2) is 24.3 Å². The number of benzene rings is 1. The summed E-state index contributed by atoms with van der Waals surface area (Å²) >= 11 is 6.17. The number of nitrogens with zero attached hydrogens (tertiary/aromatic N) is 1. The second-order valence-electron chi connectivity index (χ2n) is 5.28. The lowest BCUT2D eigenvalue weighted by molar-refractivity contribution is 0.0563. The first-order valence-electron chi connectivity index (χ1n) is 6.65. The summed E-state index contributed by atoms with van der Waals surface area (Å²) in [5, 5.41) is 0.279. The van der Waals surface area contributed by atoms with Gasteiger partial charge in [0.15, 0.2) is 0 Å². The molecular formula is C14H20ClNO3S. The Kier molecular flexibility index (Phi) is 5.07. The van der Waals surface area contributed by atoms with Crippen molar-refractivity contribution >= 4 is 21.6 Å². The maximum Gasteiger partial charge on any atom is 0.216 e. The molecule has 1 fully saturated rings. The zero-order valence-corrected chi connectivity index (χ0v) is 13.3. The summed E-state index contributed by atoms with van der Waals surface area (Å²) in [6, 6.07) is 7.56. The third-order valence-electron chi connectivity index (χ3n) is 3.74. The molecule has 2 atom stereocenters. The van der Waals surface area contributed by atoms with Crippen molar-refractivity contribution in [2.75, 3.05) is 27.3 Å². The molecule has 6 heteroatoms. The molecule has 0 saturated carbocycles. The average Bonchev–Trinajstić information content (AvgIpc) is 2.41. The second-order valence-corrected chi connectivity index (χ2v) is 8.06. The van der Waals surface area contributed by atoms with E-state index < -0.39 is 15.3 Å². The van der Waals surface area contributed by atoms with Crippen LogP contribution in [0.4, 0.5) is 0 Å². The van der Waals surface area contributed by atoms with Crippen molar-refractivity contribution in [1.82, 2.24) is 4.31 Å². The Morgan fingerprint density at radius 1 is 1.35 bits per heavy atom. The normalized spacial score (nSPS) is 24.0. The minimum absolute atomic E-state index is 0.0592. The highest BCUT2D eigenvalue weighted by Crippen LogP contribution is 2.29. The average molecular weight is 318 g/mol. The van der Waals surface area contributed by atoms with Crippen LogP contribution < -0.4 is 0 Å². The van der Waals surface area contributed by atoms with Crippen molar-refractivity contribution in [3.8, 4) is 0 Å². The maximum absolute atomic E-state index is 12.4. The van der Waals surface area contributed by atoms with Gasteiger partial charge in [0.1, 0.15) is 0 Å². The number of rotatable bonds is 4. The van der Waals surface area contributed by atoms with Crippen molar-refractivity contribution in [1.29, 1.82) is 0 Å². The summed E-state index contributed by atoms with van der Waals surface area (Å²) in [5.41, 5.74) is 0.976. The van der Waals surface area contributed by atoms with Crippen LogP contribution in [0.5, 0.6) is 0 Å². The summed E-state index contributed by atoms with van der Waals surface area (Å²) in [6.45, 7) is 0.958. The Bertz CT molecular complexity index is 559. The van der Waals surface area contributed by atoms with Gasteiger partial charge in [-0.1, -0.05) is 29.8 Å². The summed E-state index contributed by atoms with van der Waals surface area (Å²) in [7, 11) is -0.110. The first kappa shape index (κ1) is 15.8. The molecule has 1 aromatic rings. The van der Waals surface area contributed by atoms with Gasteiger partial charge in [0.25, 0.3) is 0 Å². The predicted molar refractivity (Wildman–Crippen MR) is 80.5 cm³/mol. The van der Waals surface area contributed by atoms with Crippen molar-refractivity contribution in [2.24, 2.45) is 5.92 Å². The molecule has 112 valence electrons. The molecule has 0 N–H and O–H groups in total. The van der Waals surface area contributed by atoms with Crippen LogP contribution in [-0.4, -0.2) is 45.3 Å². The second kappa shape index (κ2) is 6.43. The molecule has 1 aliphatic rings. The van der Waals surface area contributed by atoms with Crippen LogP contribution in [-0.2, 0) is 21.2 Å². The van der Waals surface area contributed by atoms with Gasteiger partial charge >= 0.3 is 0 Å². The van der Waals surface area contributed by atoms with Crippen molar-refractivity contribution in [3.05, 3.63) is 34.9 Å². The summed E-state index contributed by atoms with van der Waals surface area (Å²) in [4.78, 5) is 0. The van der Waals surface area contributed by atoms with E-state index in [0.717, 1.165) is 5.56 Å². The summed E-state index contributed by atoms with van der Waals surface area (Å²) < 4.78 is 31.6. The first-order valence-corrected chi connectivity index (χ1v) is 8.53. The number of sulfonamides is 1. The van der Waals surface area contributed by atoms with Gasteiger partial charge in [0.05, 0.1) is 11.9 Å². The van der Waals surface area contributed by atoms with Crippen LogP contribution in [0.1, 0.15) is 12.0 Å². The van der Waals surface area contributed by atoms with E-state index in [9.17, 15) is 8.42 Å². The zero-order chi connectivity index (χ0) is 14.8. The molecular weight excluding hydrogens is 298 g/mol. The molecule has 20 heavy (non-hydrogen) atoms. The van der Waals surface area contributed by atoms with E-state index in [1.807, 2.05) is 24.3 Å². The quantitative estimate of drug-likeness (QED) is 0.855. The van der Waals surface area contributed by atoms with Gasteiger partial charge in [-0.3, -0.25) is 0 Å². The minimum atomic E-state index is -3.27. The molecule has 2 rings (SSSR count). The molecule has 0 aliphatic carbocycles. The third-order valence-corrected chi connectivity index (χ3v) is 6.51. The van der Waals surface area contributed by atoms with E-state index in [-0.39, 0.29) is 5.92 Å². The SMILES string of the molecule is CN(C)S(=O)(=O)[C@H]1CCOC[C@H]1Cc1ccccc1Cl. The van der Waals surface area contributed by atoms with Crippen LogP contribution >= 0.6 is 11.6 Å². The smallest absolute Gasteiger partial charge is 0.216 e. The minimum Gasteiger partial charge on any atom is -0.381 e. The Balaban J connectivity index is 2.22. The van der Waals surface area contributed by atoms with Crippen molar-refractivity contribution < 1.29 is 13.2 Å². The van der Waals surface area contributed by atoms with Gasteiger partial charge in [-0.25, -0.2) is 12.7 Å². The van der Waals surface area contributed by atoms with E-state index in [1.165, 1.54) is 4.31 Å². The van der Waals surface area contributed by atoms with Gasteiger partial charge in [0.2, 0.25) is 10.0 Å². The lowest BCUT2D eigenvalue weighted by Gasteiger charge is -2.33. The Morgan fingerprint density at radius 2 is 2.05 bits per heavy atom. The highest BCUT2D eigenvalue weighted by atomic mass is 35.5. The molecule has 0 amide bonds. The molecule has 0 bridgehead atoms. The fourth-order valence-corrected chi connectivity index (χ4v) is 4.39. The fraction of sp³-hybridized carbons (Fsp3) is 0.571. The molecule has 0 spiro atoms. The topological polar surface area (TPSA) is 46.6 Å². The molecule has 4 nitrogen and oxygen atoms in total. The fourth-order valence-electron chi connectivity index (χ4n) is 2.58. The van der Waals surface area contributed by atoms with Crippen molar-refractivity contribution in [2.45, 2.75) is 18.1 Å². The van der Waals surface area contributed by atoms with Gasteiger partial charge in [0, 0.05) is 31.6 Å². The maximum atomic E-state index is 12.4. The molecule has 1 saturated heterocycles. The molecule has 1 aliphatic heterocycles. The summed E-state index contributed by atoms with van der Waals surface area (Å²) in [6.07, 6.45) is 1.16. The Morgan fingerprint density at radius 3 is 2.70 bits per heavy atom. The molecule has 0 aromatic heterocycles. The van der Waals surface area contributed by atoms with Crippen LogP contribution in [0.2, 0.25) is 5.02 Å². The van der Waals surface area contributed by atoms with Gasteiger partial charge < -0.3 is 4.74 Å². The predicted octanol–water partition coefficient (Wildman–Crippen LogP) is 2.18. The number of halogens is 1. The van der Waals surface area contributed by atoms with Crippen LogP contribution in [0, 0.1) is 5.92 Å². The highest BCUT2D eigenvalue weighted by Gasteiger charge is 2.37. The van der Waals surface area contributed by atoms with E-state index >= 15 is 0 Å².